The summed E-state index contributed by atoms with van der Waals surface area (Å²) < 4.78 is 12.7. The van der Waals surface area contributed by atoms with Crippen LogP contribution in [0.3, 0.4) is 0 Å². The van der Waals surface area contributed by atoms with Gasteiger partial charge < -0.3 is 40.1 Å². The van der Waals surface area contributed by atoms with E-state index in [1.165, 1.54) is 27.9 Å². The van der Waals surface area contributed by atoms with Gasteiger partial charge in [0, 0.05) is 18.3 Å². The Hall–Kier alpha value is -2.14. The molecule has 0 aromatic carbocycles. The van der Waals surface area contributed by atoms with Gasteiger partial charge in [-0.1, -0.05) is 101 Å². The molecule has 7 aliphatic rings. The highest BCUT2D eigenvalue weighted by Gasteiger charge is 2.58. The fourth-order valence-electron chi connectivity index (χ4n) is 13.1. The topological polar surface area (TPSA) is 140 Å². The van der Waals surface area contributed by atoms with Gasteiger partial charge in [0.05, 0.1) is 60.0 Å². The lowest BCUT2D eigenvalue weighted by molar-refractivity contribution is -0.103. The zero-order chi connectivity index (χ0) is 46.6. The first-order valence-electron chi connectivity index (χ1n) is 24.7. The van der Waals surface area contributed by atoms with E-state index in [0.717, 1.165) is 56.1 Å². The molecule has 0 bridgehead atoms. The minimum Gasteiger partial charge on any atom is -0.393 e. The summed E-state index contributed by atoms with van der Waals surface area (Å²) in [4.78, 5) is 0. The molecule has 8 nitrogen and oxygen atoms in total. The highest BCUT2D eigenvalue weighted by Crippen LogP contribution is 2.65. The molecule has 4 fully saturated rings. The van der Waals surface area contributed by atoms with Gasteiger partial charge in [-0.2, -0.15) is 0 Å². The van der Waals surface area contributed by atoms with Crippen LogP contribution in [0.4, 0.5) is 0 Å². The van der Waals surface area contributed by atoms with Crippen molar-refractivity contribution in [3.8, 4) is 0 Å². The van der Waals surface area contributed by atoms with E-state index in [1.807, 2.05) is 27.7 Å². The number of hydrogen-bond acceptors (Lipinski definition) is 8. The summed E-state index contributed by atoms with van der Waals surface area (Å²) in [7, 11) is 0. The van der Waals surface area contributed by atoms with Crippen molar-refractivity contribution in [3.63, 3.8) is 0 Å². The average molecular weight is 875 g/mol. The van der Waals surface area contributed by atoms with Gasteiger partial charge in [-0.15, -0.1) is 0 Å². The Kier molecular flexibility index (Phi) is 14.8. The summed E-state index contributed by atoms with van der Waals surface area (Å²) in [6, 6.07) is 0. The molecule has 8 heteroatoms. The fourth-order valence-corrected chi connectivity index (χ4v) is 13.1. The third kappa shape index (κ3) is 9.68. The molecule has 4 saturated carbocycles. The normalized spacial score (nSPS) is 38.0. The summed E-state index contributed by atoms with van der Waals surface area (Å²) in [5.41, 5.74) is 5.93. The Morgan fingerprint density at radius 2 is 1.32 bits per heavy atom. The largest absolute Gasteiger partial charge is 0.393 e. The standard InChI is InChI=1S/C28H44O4.C27H42O4/c1-7-28(31,8-2)17-32-25(3,4)23-12-11-21-20-10-9-18-15-19(29)16-24(30)27(18,6)22(20)13-14-26(21,23)5;1-7-26(5,30)17-31-25(3,4)24-13-12-22-19(9-8-14-27(22,24)6)10-11-20-15-21(28)16-23(29)18(20)2/h9-10,12,19,21-22,24,29-31H,7-8,11,13-17H2,1-6H3;10-11,13,21-23,28-30H,2,7-9,12,14-17H2,1,3-6H3/b;19-10+,20-11-/t19-,21+,22+,24+,26+,27+;21-,22+,23+,26?,27+/m11/s1. The lowest BCUT2D eigenvalue weighted by Gasteiger charge is -2.56. The fraction of sp³-hybridized carbons (Fsp3) is 0.745. The molecule has 0 radical (unpaired) electrons. The summed E-state index contributed by atoms with van der Waals surface area (Å²) >= 11 is 0. The van der Waals surface area contributed by atoms with Gasteiger partial charge in [0.25, 0.3) is 0 Å². The summed E-state index contributed by atoms with van der Waals surface area (Å²) in [5, 5.41) is 62.7. The quantitative estimate of drug-likeness (QED) is 0.107. The number of ether oxygens (including phenoxy) is 2. The Morgan fingerprint density at radius 3 is 1.94 bits per heavy atom. The van der Waals surface area contributed by atoms with Crippen LogP contribution in [-0.4, -0.2) is 90.7 Å². The summed E-state index contributed by atoms with van der Waals surface area (Å²) in [6.45, 7) is 28.1. The highest BCUT2D eigenvalue weighted by atomic mass is 16.5. The predicted octanol–water partition coefficient (Wildman–Crippen LogP) is 10.1. The van der Waals surface area contributed by atoms with Gasteiger partial charge in [0.1, 0.15) is 0 Å². The molecule has 11 atom stereocenters. The van der Waals surface area contributed by atoms with Crippen molar-refractivity contribution >= 4 is 0 Å². The molecular weight excluding hydrogens is 789 g/mol. The predicted molar refractivity (Wildman–Crippen MR) is 254 cm³/mol. The number of aliphatic hydroxyl groups is 6. The van der Waals surface area contributed by atoms with Crippen LogP contribution in [0.1, 0.15) is 166 Å². The molecule has 6 N–H and O–H groups in total. The maximum absolute atomic E-state index is 11.1. The first-order valence-corrected chi connectivity index (χ1v) is 24.7. The lowest BCUT2D eigenvalue weighted by atomic mass is 9.49. The van der Waals surface area contributed by atoms with Crippen molar-refractivity contribution in [3.05, 3.63) is 82.0 Å². The molecule has 354 valence electrons. The Bertz CT molecular complexity index is 1890. The second-order valence-electron chi connectivity index (χ2n) is 22.8. The Balaban J connectivity index is 0.000000210. The zero-order valence-corrected chi connectivity index (χ0v) is 41.0. The molecule has 7 rings (SSSR count). The van der Waals surface area contributed by atoms with Crippen LogP contribution in [0.25, 0.3) is 0 Å². The molecule has 0 saturated heterocycles. The second-order valence-corrected chi connectivity index (χ2v) is 22.8. The minimum atomic E-state index is -0.807. The maximum atomic E-state index is 11.1. The van der Waals surface area contributed by atoms with E-state index >= 15 is 0 Å². The van der Waals surface area contributed by atoms with Crippen molar-refractivity contribution in [2.75, 3.05) is 13.2 Å². The van der Waals surface area contributed by atoms with E-state index in [-0.39, 0.29) is 16.2 Å². The van der Waals surface area contributed by atoms with Gasteiger partial charge in [-0.25, -0.2) is 0 Å². The number of aliphatic hydroxyl groups excluding tert-OH is 4. The van der Waals surface area contributed by atoms with Crippen molar-refractivity contribution in [2.24, 2.45) is 34.0 Å². The first kappa shape index (κ1) is 50.3. The van der Waals surface area contributed by atoms with Crippen LogP contribution in [0.15, 0.2) is 82.0 Å². The van der Waals surface area contributed by atoms with E-state index < -0.39 is 46.8 Å². The zero-order valence-electron chi connectivity index (χ0n) is 41.0. The number of rotatable bonds is 12. The Labute approximate surface area is 381 Å². The van der Waals surface area contributed by atoms with Crippen molar-refractivity contribution in [2.45, 2.75) is 213 Å². The van der Waals surface area contributed by atoms with Gasteiger partial charge in [0.15, 0.2) is 0 Å². The monoisotopic (exact) mass is 875 g/mol. The summed E-state index contributed by atoms with van der Waals surface area (Å²) in [6.07, 6.45) is 23.1. The van der Waals surface area contributed by atoms with Crippen LogP contribution >= 0.6 is 0 Å². The first-order chi connectivity index (χ1) is 29.3. The van der Waals surface area contributed by atoms with Crippen LogP contribution < -0.4 is 0 Å². The van der Waals surface area contributed by atoms with Crippen molar-refractivity contribution < 1.29 is 40.1 Å². The van der Waals surface area contributed by atoms with Gasteiger partial charge >= 0.3 is 0 Å². The van der Waals surface area contributed by atoms with Gasteiger partial charge in [0.2, 0.25) is 0 Å². The molecule has 0 aromatic heterocycles. The minimum absolute atomic E-state index is 0.0310. The van der Waals surface area contributed by atoms with E-state index in [4.69, 9.17) is 9.47 Å². The molecule has 0 aliphatic heterocycles. The van der Waals surface area contributed by atoms with Gasteiger partial charge in [-0.3, -0.25) is 0 Å². The second kappa shape index (κ2) is 18.5. The van der Waals surface area contributed by atoms with Crippen molar-refractivity contribution in [1.82, 2.24) is 0 Å². The smallest absolute Gasteiger partial charge is 0.0875 e. The van der Waals surface area contributed by atoms with Crippen LogP contribution in [0.2, 0.25) is 0 Å². The average Bonchev–Trinajstić information content (AvgIpc) is 3.79. The SMILES string of the molecule is C=C1/C(=C\C=C2/CCC[C@]3(C)C(C(C)(C)OCC(C)(O)CC)=CC[C@@H]23)C[C@@H](O)C[C@@H]1O.CCC(O)(CC)COC(C)(C)C1=CC[C@H]2C3=CC=C4C[C@@H](O)C[C@H](O)[C@]4(C)[C@H]3CC[C@]12C. The molecular formula is C55H86O8. The molecule has 0 aromatic rings. The molecule has 7 aliphatic carbocycles. The highest BCUT2D eigenvalue weighted by molar-refractivity contribution is 5.45. The molecule has 63 heavy (non-hydrogen) atoms. The third-order valence-electron chi connectivity index (χ3n) is 17.9. The van der Waals surface area contributed by atoms with Gasteiger partial charge in [-0.05, 0) is 163 Å². The number of fused-ring (bicyclic) bond motifs is 6. The molecule has 0 spiro atoms. The van der Waals surface area contributed by atoms with Crippen molar-refractivity contribution in [1.29, 1.82) is 0 Å². The van der Waals surface area contributed by atoms with E-state index in [9.17, 15) is 30.6 Å². The van der Waals surface area contributed by atoms with E-state index in [2.05, 4.69) is 91.5 Å². The van der Waals surface area contributed by atoms with E-state index in [0.29, 0.717) is 75.9 Å². The summed E-state index contributed by atoms with van der Waals surface area (Å²) in [5.74, 6) is 1.20. The molecule has 0 amide bonds. The lowest BCUT2D eigenvalue weighted by Crippen LogP contribution is -2.53. The van der Waals surface area contributed by atoms with Crippen LogP contribution in [-0.2, 0) is 9.47 Å². The van der Waals surface area contributed by atoms with E-state index in [1.54, 1.807) is 0 Å². The maximum Gasteiger partial charge on any atom is 0.0875 e. The molecule has 1 unspecified atom stereocenters. The third-order valence-corrected chi connectivity index (χ3v) is 17.9. The van der Waals surface area contributed by atoms with Crippen LogP contribution in [0.5, 0.6) is 0 Å². The molecule has 0 heterocycles. The Morgan fingerprint density at radius 1 is 0.730 bits per heavy atom. The number of hydrogen-bond donors (Lipinski definition) is 6. The van der Waals surface area contributed by atoms with Crippen LogP contribution in [0, 0.1) is 34.0 Å². The number of allylic oxidation sites excluding steroid dienone is 8.